The van der Waals surface area contributed by atoms with Crippen LogP contribution in [0.3, 0.4) is 0 Å². The van der Waals surface area contributed by atoms with Crippen LogP contribution in [0.2, 0.25) is 0 Å². The Morgan fingerprint density at radius 2 is 0.968 bits per heavy atom. The topological polar surface area (TPSA) is 639 Å². The number of carbonyl (C=O) groups excluding carboxylic acids is 6. The van der Waals surface area contributed by atoms with Crippen molar-refractivity contribution in [2.75, 3.05) is 90.5 Å². The summed E-state index contributed by atoms with van der Waals surface area (Å²) in [6.07, 6.45) is -5.28. The van der Waals surface area contributed by atoms with Crippen LogP contribution in [-0.2, 0) is 126 Å². The highest BCUT2D eigenvalue weighted by atomic mass is 31.3. The predicted octanol–water partition coefficient (Wildman–Crippen LogP) is 3.58. The van der Waals surface area contributed by atoms with E-state index in [9.17, 15) is 76.3 Å². The van der Waals surface area contributed by atoms with E-state index in [2.05, 4.69) is 49.0 Å². The van der Waals surface area contributed by atoms with Crippen LogP contribution in [0.4, 0.5) is 20.4 Å². The van der Waals surface area contributed by atoms with Gasteiger partial charge in [-0.25, -0.2) is 66.6 Å². The van der Waals surface area contributed by atoms with Crippen molar-refractivity contribution in [2.24, 2.45) is 28.7 Å². The Bertz CT molecular complexity index is 4490. The number of phosphoric ester groups is 3. The highest BCUT2D eigenvalue weighted by Crippen LogP contribution is 2.62. The molecule has 8 aliphatic rings. The molecule has 0 aromatic carbocycles. The number of guanidine groups is 1. The number of nitrogens with one attached hydrogen (secondary N) is 1. The maximum absolute atomic E-state index is 15.0. The van der Waals surface area contributed by atoms with Crippen LogP contribution in [0, 0.1) is 23.7 Å². The molecule has 10 heterocycles. The van der Waals surface area contributed by atoms with Crippen molar-refractivity contribution in [1.29, 1.82) is 0 Å². The average Bonchev–Trinajstić information content (AvgIpc) is 1.49. The number of esters is 6. The molecule has 12 rings (SSSR count). The van der Waals surface area contributed by atoms with Gasteiger partial charge in [0.1, 0.15) is 73.5 Å². The molecule has 4 aromatic heterocycles. The Hall–Kier alpha value is -7.19. The molecule has 9 unspecified atom stereocenters. The fourth-order valence-electron chi connectivity index (χ4n) is 15.1. The van der Waals surface area contributed by atoms with Crippen molar-refractivity contribution in [3.8, 4) is 0 Å². The molecular weight excluding hydrogens is 1750 g/mol. The molecule has 704 valence electrons. The summed E-state index contributed by atoms with van der Waals surface area (Å²) in [4.78, 5) is 149. The van der Waals surface area contributed by atoms with E-state index in [-0.39, 0.29) is 48.1 Å². The van der Waals surface area contributed by atoms with E-state index in [1.807, 2.05) is 0 Å². The van der Waals surface area contributed by atoms with Crippen molar-refractivity contribution < 1.29 is 170 Å². The minimum Gasteiger partial charge on any atom is -0.462 e. The number of halogens is 2. The van der Waals surface area contributed by atoms with E-state index in [1.165, 1.54) is 99.0 Å². The number of rotatable bonds is 27. The zero-order valence-corrected chi connectivity index (χ0v) is 73.9. The number of aromatic nitrogens is 8. The van der Waals surface area contributed by atoms with E-state index >= 15 is 4.39 Å². The lowest BCUT2D eigenvalue weighted by molar-refractivity contribution is -0.271. The summed E-state index contributed by atoms with van der Waals surface area (Å²) in [6, 6.07) is 1.19. The first-order chi connectivity index (χ1) is 58.9. The summed E-state index contributed by atoms with van der Waals surface area (Å²) in [5.41, 5.74) is 12.3. The number of alkyl halides is 2. The van der Waals surface area contributed by atoms with Gasteiger partial charge < -0.3 is 113 Å². The Balaban J connectivity index is 0.000000200. The Morgan fingerprint density at radius 3 is 1.39 bits per heavy atom. The van der Waals surface area contributed by atoms with Crippen molar-refractivity contribution in [3.05, 3.63) is 25.3 Å². The monoisotopic (exact) mass is 1870 g/mol. The Labute approximate surface area is 716 Å². The zero-order chi connectivity index (χ0) is 91.6. The number of nitrogen functional groups attached to an aromatic ring is 2. The third-order valence-corrected chi connectivity index (χ3v) is 26.3. The molecule has 0 bridgehead atoms. The van der Waals surface area contributed by atoms with Crippen LogP contribution in [-0.4, -0.2) is 302 Å². The average molecular weight is 1870 g/mol. The number of ether oxygens (including phenoxy) is 12. The lowest BCUT2D eigenvalue weighted by Gasteiger charge is -2.45. The first kappa shape index (κ1) is 102. The zero-order valence-electron chi connectivity index (χ0n) is 70.3. The maximum atomic E-state index is 15.0. The van der Waals surface area contributed by atoms with Gasteiger partial charge in [0.2, 0.25) is 12.6 Å². The molecule has 48 nitrogen and oxygen atoms in total. The highest BCUT2D eigenvalue weighted by molar-refractivity contribution is 7.61. The lowest BCUT2D eigenvalue weighted by Crippen LogP contribution is -2.56. The molecule has 4 aromatic rings. The number of imidazole rings is 2. The molecule has 12 N–H and O–H groups in total. The molecule has 54 heteroatoms. The largest absolute Gasteiger partial charge is 0.483 e. The molecule has 0 spiro atoms. The molecule has 2 aliphatic carbocycles. The second kappa shape index (κ2) is 45.9. The summed E-state index contributed by atoms with van der Waals surface area (Å²) in [5, 5.41) is 24.5. The number of anilines is 2. The number of aliphatic hydroxyl groups is 2. The summed E-state index contributed by atoms with van der Waals surface area (Å²) in [7, 11) is -20.3. The second-order valence-electron chi connectivity index (χ2n) is 30.8. The van der Waals surface area contributed by atoms with Crippen LogP contribution in [0.5, 0.6) is 0 Å². The first-order valence-electron chi connectivity index (χ1n) is 40.4. The minimum absolute atomic E-state index is 0.00504. The Morgan fingerprint density at radius 1 is 0.544 bits per heavy atom. The molecule has 23 atom stereocenters. The number of phosphoric acid groups is 3. The van der Waals surface area contributed by atoms with Gasteiger partial charge in [-0.3, -0.25) is 56.0 Å². The first-order valence-corrected chi connectivity index (χ1v) is 46.5. The summed E-state index contributed by atoms with van der Waals surface area (Å²) >= 11 is 0. The van der Waals surface area contributed by atoms with Crippen molar-refractivity contribution in [1.82, 2.24) is 53.9 Å². The predicted molar refractivity (Wildman–Crippen MR) is 424 cm³/mol. The number of nitrogens with zero attached hydrogens (tertiary/aromatic N) is 11. The fourth-order valence-corrected chi connectivity index (χ4v) is 18.8. The van der Waals surface area contributed by atoms with Crippen LogP contribution in [0.25, 0.3) is 22.3 Å². The molecule has 0 amide bonds. The summed E-state index contributed by atoms with van der Waals surface area (Å²) in [6.45, 7) is 15.6. The van der Waals surface area contributed by atoms with E-state index in [4.69, 9.17) is 96.7 Å². The number of hydrogen-bond donors (Lipinski definition) is 10. The van der Waals surface area contributed by atoms with Gasteiger partial charge in [0, 0.05) is 85.6 Å². The molecular formula is C71H112F2N14O34P4. The lowest BCUT2D eigenvalue weighted by atomic mass is 9.81. The van der Waals surface area contributed by atoms with Gasteiger partial charge in [0.15, 0.2) is 78.1 Å². The van der Waals surface area contributed by atoms with Gasteiger partial charge in [-0.2, -0.15) is 4.31 Å². The fraction of sp³-hybridized carbons (Fsp3) is 0.761. The normalized spacial score (nSPS) is 30.3. The quantitative estimate of drug-likeness (QED) is 0.0134. The maximum Gasteiger partial charge on any atom is 0.483 e. The number of aliphatic hydroxyl groups excluding tert-OH is 2. The number of fused-ring (bicyclic) bond motifs is 2. The number of morpholine rings is 2. The van der Waals surface area contributed by atoms with Crippen molar-refractivity contribution >= 4 is 107 Å². The van der Waals surface area contributed by atoms with Gasteiger partial charge in [-0.05, 0) is 37.5 Å². The molecule has 2 saturated carbocycles. The van der Waals surface area contributed by atoms with Gasteiger partial charge >= 0.3 is 67.0 Å². The molecule has 6 saturated heterocycles. The van der Waals surface area contributed by atoms with Gasteiger partial charge in [0.25, 0.3) is 0 Å². The summed E-state index contributed by atoms with van der Waals surface area (Å²) < 4.78 is 170. The third kappa shape index (κ3) is 28.9. The standard InChI is InChI=1S/C25H36FN5O16P2.C17H31N3O.C15H25O11P.C14H20FN6O6P/c1-10-11(2)21(43-14(5)34)25(45-20(10)16(42-13(4)33)6-40-12(3)32)46-49(38,39)47-48(36,37)41-7-15-17(26)19(35)24(44-15)31-9-30-18-22(27)28-8-29-23(18)31;1-3-7-15(8-4-1)18-17(20-11-13-21-14-12-20)19-16-9-5-2-6-10-16;1-7-8(2)14(24-11(5)18)15(26-27(19,20)21)25-13(7)12(23-10(4)17)6-22-9(3)16;15-9-8(5-26-28(23,24)20-1-3-25-4-2-20)27-14(11(9)22)21-7-19-10-12(16)17-6-18-13(10)21/h8-11,15-17,19-21,24-25,35H,6-7H2,1-5H3,(H,36,37)(H,38,39)(H2,27,28,29);15-16H,1-14H2,(H,18,19);7-8,12-15H,6H2,1-5H3,(H2,19,20,21);6-9,11,14,22H,1-5H2,(H,23,24)(H2,16,17,18)/t10-,11-,15+,16+,17?,19-,20?,21?,24+,25-;;7-,8-,12+,13?,14?,15-;8-,9?,11+,14-/m0.01/s1. The van der Waals surface area contributed by atoms with E-state index in [1.54, 1.807) is 27.7 Å². The van der Waals surface area contributed by atoms with Crippen LogP contribution in [0.1, 0.15) is 146 Å². The van der Waals surface area contributed by atoms with Crippen molar-refractivity contribution in [3.63, 3.8) is 0 Å². The van der Waals surface area contributed by atoms with E-state index in [0.717, 1.165) is 78.1 Å². The van der Waals surface area contributed by atoms with Crippen LogP contribution >= 0.6 is 31.2 Å². The minimum atomic E-state index is -5.67. The number of nitrogens with two attached hydrogens (primary N) is 2. The third-order valence-electron chi connectivity index (χ3n) is 21.6. The number of hydrogen-bond acceptors (Lipinski definition) is 38. The Kier molecular flexibility index (Phi) is 37.3. The van der Waals surface area contributed by atoms with Crippen molar-refractivity contribution in [2.45, 2.75) is 244 Å². The molecule has 125 heavy (non-hydrogen) atoms. The van der Waals surface area contributed by atoms with Gasteiger partial charge in [0.05, 0.1) is 58.3 Å². The van der Waals surface area contributed by atoms with E-state index < -0.39 is 209 Å². The van der Waals surface area contributed by atoms with Crippen LogP contribution < -0.4 is 16.8 Å². The summed E-state index contributed by atoms with van der Waals surface area (Å²) in [5.74, 6) is -5.24. The smallest absolute Gasteiger partial charge is 0.462 e. The molecule has 8 fully saturated rings. The molecule has 6 aliphatic heterocycles. The number of aliphatic imine (C=N–C) groups is 1. The second-order valence-corrected chi connectivity index (χ2v) is 36.8. The van der Waals surface area contributed by atoms with E-state index in [0.29, 0.717) is 30.8 Å². The SMILES string of the molecule is C1CCC(N=C(NC2CCCCC2)N2CCOCC2)CC1.CC(=O)OC[C@@H](OC(C)=O)C1O[C@@H](OP(=O)(O)O)C(OC(C)=O)[C@@H](C)[C@@H]1C.CC(=O)OC[C@@H](OC(C)=O)C1O[C@@H](OP(=O)(O)OP(=O)(O)OC[C@H]2O[C@@H](n3cnc4c(N)ncnc43)[C@@H](O)C2F)C(OC(C)=O)[C@@H](C)[C@@H]1C.Nc1ncnc2c1ncn2[C@@H]1O[C@H](COP(=O)(O)N2CCOCC2)C(F)[C@@H]1O. The van der Waals surface area contributed by atoms with Gasteiger partial charge in [-0.1, -0.05) is 66.2 Å². The van der Waals surface area contributed by atoms with Crippen LogP contribution in [0.15, 0.2) is 30.3 Å². The highest BCUT2D eigenvalue weighted by Gasteiger charge is 2.55. The number of carbonyl (C=O) groups is 6. The molecule has 0 radical (unpaired) electrons. The van der Waals surface area contributed by atoms with Gasteiger partial charge in [-0.15, -0.1) is 0 Å².